The summed E-state index contributed by atoms with van der Waals surface area (Å²) in [6.07, 6.45) is 4.50. The van der Waals surface area contributed by atoms with Gasteiger partial charge in [0.15, 0.2) is 5.78 Å². The predicted octanol–water partition coefficient (Wildman–Crippen LogP) is 3.86. The van der Waals surface area contributed by atoms with Crippen molar-refractivity contribution in [1.82, 2.24) is 19.7 Å². The lowest BCUT2D eigenvalue weighted by Gasteiger charge is -2.51. The molecule has 0 bridgehead atoms. The maximum absolute atomic E-state index is 13.0. The molecule has 5 rings (SSSR count). The van der Waals surface area contributed by atoms with Gasteiger partial charge in [0.2, 0.25) is 0 Å². The quantitative estimate of drug-likeness (QED) is 0.577. The number of ether oxygens (including phenoxy) is 1. The Bertz CT molecular complexity index is 1330. The van der Waals surface area contributed by atoms with Crippen molar-refractivity contribution in [2.45, 2.75) is 38.5 Å². The average Bonchev–Trinajstić information content (AvgIpc) is 3.36. The number of methoxy groups -OCH3 is 1. The molecule has 8 heteroatoms. The molecule has 3 aromatic rings. The molecular formula is C26H25N5O3. The number of hydrogen-bond donors (Lipinski definition) is 0. The van der Waals surface area contributed by atoms with Crippen LogP contribution in [0.15, 0.2) is 42.7 Å². The summed E-state index contributed by atoms with van der Waals surface area (Å²) in [5.74, 6) is -0.313. The van der Waals surface area contributed by atoms with Crippen LogP contribution in [0.25, 0.3) is 11.3 Å². The smallest absolute Gasteiger partial charge is 0.434 e. The van der Waals surface area contributed by atoms with E-state index in [9.17, 15) is 14.9 Å². The number of ketones is 1. The molecule has 34 heavy (non-hydrogen) atoms. The number of fused-ring (bicyclic) bond motifs is 3. The van der Waals surface area contributed by atoms with Crippen molar-refractivity contribution in [2.75, 3.05) is 7.11 Å². The summed E-state index contributed by atoms with van der Waals surface area (Å²) in [5, 5.41) is 14.0. The second-order valence-electron chi connectivity index (χ2n) is 9.15. The third-order valence-corrected chi connectivity index (χ3v) is 7.46. The van der Waals surface area contributed by atoms with Crippen molar-refractivity contribution >= 4 is 11.9 Å². The van der Waals surface area contributed by atoms with Crippen molar-refractivity contribution in [3.8, 4) is 17.3 Å². The molecule has 0 spiro atoms. The molecule has 172 valence electrons. The highest BCUT2D eigenvalue weighted by molar-refractivity contribution is 5.87. The first-order chi connectivity index (χ1) is 16.4. The molecule has 0 saturated heterocycles. The molecule has 2 heterocycles. The van der Waals surface area contributed by atoms with E-state index in [1.165, 1.54) is 7.11 Å². The fourth-order valence-corrected chi connectivity index (χ4v) is 5.98. The number of hydrogen-bond acceptors (Lipinski definition) is 7. The highest BCUT2D eigenvalue weighted by Crippen LogP contribution is 2.56. The third kappa shape index (κ3) is 3.15. The van der Waals surface area contributed by atoms with Gasteiger partial charge >= 0.3 is 6.09 Å². The monoisotopic (exact) mass is 455 g/mol. The van der Waals surface area contributed by atoms with Crippen LogP contribution in [0.4, 0.5) is 4.79 Å². The Morgan fingerprint density at radius 3 is 2.74 bits per heavy atom. The molecule has 8 nitrogen and oxygen atoms in total. The number of nitrogens with zero attached hydrogens (tertiary/aromatic N) is 5. The summed E-state index contributed by atoms with van der Waals surface area (Å²) in [7, 11) is 1.31. The van der Waals surface area contributed by atoms with Crippen LogP contribution in [-0.2, 0) is 21.4 Å². The van der Waals surface area contributed by atoms with Gasteiger partial charge in [-0.1, -0.05) is 37.3 Å². The number of nitriles is 1. The van der Waals surface area contributed by atoms with Crippen molar-refractivity contribution in [3.63, 3.8) is 0 Å². The lowest BCUT2D eigenvalue weighted by molar-refractivity contribution is -0.131. The SMILES string of the molecule is COC(=O)n1cc(-c2nc(C)nc3c2CC[C@H]2[C@H](C)C(=O)C(C#N)C[C@@]32c2ccccc2)cn1. The van der Waals surface area contributed by atoms with Gasteiger partial charge in [0.05, 0.1) is 30.8 Å². The van der Waals surface area contributed by atoms with Gasteiger partial charge in [-0.25, -0.2) is 14.8 Å². The van der Waals surface area contributed by atoms with Crippen LogP contribution >= 0.6 is 0 Å². The number of carbonyl (C=O) groups excluding carboxylic acids is 2. The number of aryl methyl sites for hydroxylation is 1. The molecule has 2 aliphatic carbocycles. The first-order valence-electron chi connectivity index (χ1n) is 11.4. The van der Waals surface area contributed by atoms with Crippen LogP contribution in [0.2, 0.25) is 0 Å². The van der Waals surface area contributed by atoms with Gasteiger partial charge in [-0.3, -0.25) is 4.79 Å². The van der Waals surface area contributed by atoms with E-state index in [4.69, 9.17) is 14.7 Å². The molecule has 1 aromatic carbocycles. The van der Waals surface area contributed by atoms with Crippen molar-refractivity contribution < 1.29 is 14.3 Å². The van der Waals surface area contributed by atoms with Crippen LogP contribution in [0.1, 0.15) is 42.4 Å². The van der Waals surface area contributed by atoms with Crippen LogP contribution in [0, 0.1) is 36.0 Å². The van der Waals surface area contributed by atoms with Gasteiger partial charge in [-0.2, -0.15) is 15.0 Å². The Morgan fingerprint density at radius 2 is 2.03 bits per heavy atom. The minimum Gasteiger partial charge on any atom is -0.451 e. The Labute approximate surface area is 197 Å². The normalized spacial score (nSPS) is 25.7. The minimum atomic E-state index is -0.696. The molecule has 1 saturated carbocycles. The standard InChI is InChI=1S/C26H25N5O3/c1-15-21-10-9-20-22(18-13-28-31(14-18)25(33)34-3)29-16(2)30-24(20)26(21,11-17(12-27)23(15)32)19-7-5-4-6-8-19/h4-8,13-15,17,21H,9-11H2,1-3H3/t15-,17?,21-,26-/m0/s1. The second kappa shape index (κ2) is 8.17. The Morgan fingerprint density at radius 1 is 1.26 bits per heavy atom. The largest absolute Gasteiger partial charge is 0.451 e. The molecule has 0 amide bonds. The number of aromatic nitrogens is 4. The van der Waals surface area contributed by atoms with E-state index in [2.05, 4.69) is 23.3 Å². The molecule has 4 atom stereocenters. The maximum Gasteiger partial charge on any atom is 0.434 e. The number of Topliss-reactive ketones (excluding diaryl/α,β-unsaturated/α-hetero) is 1. The van der Waals surface area contributed by atoms with E-state index in [0.717, 1.165) is 33.6 Å². The Kier molecular flexibility index (Phi) is 5.28. The lowest BCUT2D eigenvalue weighted by atomic mass is 9.51. The van der Waals surface area contributed by atoms with Gasteiger partial charge in [-0.05, 0) is 37.7 Å². The van der Waals surface area contributed by atoms with Crippen molar-refractivity contribution in [2.24, 2.45) is 17.8 Å². The molecule has 0 radical (unpaired) electrons. The van der Waals surface area contributed by atoms with E-state index >= 15 is 0 Å². The Hall–Kier alpha value is -3.86. The molecule has 1 unspecified atom stereocenters. The zero-order valence-corrected chi connectivity index (χ0v) is 19.4. The summed E-state index contributed by atoms with van der Waals surface area (Å²) in [5.41, 5.74) is 3.77. The zero-order chi connectivity index (χ0) is 24.0. The fourth-order valence-electron chi connectivity index (χ4n) is 5.98. The van der Waals surface area contributed by atoms with Gasteiger partial charge in [0.25, 0.3) is 0 Å². The second-order valence-corrected chi connectivity index (χ2v) is 9.15. The van der Waals surface area contributed by atoms with Gasteiger partial charge in [-0.15, -0.1) is 0 Å². The third-order valence-electron chi connectivity index (χ3n) is 7.46. The van der Waals surface area contributed by atoms with E-state index in [1.807, 2.05) is 32.0 Å². The zero-order valence-electron chi connectivity index (χ0n) is 19.4. The summed E-state index contributed by atoms with van der Waals surface area (Å²) < 4.78 is 5.92. The number of carbonyl (C=O) groups is 2. The number of rotatable bonds is 2. The Balaban J connectivity index is 1.77. The van der Waals surface area contributed by atoms with Crippen molar-refractivity contribution in [3.05, 3.63) is 65.4 Å². The van der Waals surface area contributed by atoms with Crippen LogP contribution < -0.4 is 0 Å². The minimum absolute atomic E-state index is 0.0212. The molecule has 1 fully saturated rings. The summed E-state index contributed by atoms with van der Waals surface area (Å²) in [6.45, 7) is 3.80. The predicted molar refractivity (Wildman–Crippen MR) is 123 cm³/mol. The highest BCUT2D eigenvalue weighted by Gasteiger charge is 2.56. The summed E-state index contributed by atoms with van der Waals surface area (Å²) >= 11 is 0. The van der Waals surface area contributed by atoms with Crippen molar-refractivity contribution in [1.29, 1.82) is 5.26 Å². The molecule has 2 aliphatic rings. The van der Waals surface area contributed by atoms with E-state index < -0.39 is 17.4 Å². The molecule has 0 N–H and O–H groups in total. The molecular weight excluding hydrogens is 430 g/mol. The first-order valence-corrected chi connectivity index (χ1v) is 11.4. The highest BCUT2D eigenvalue weighted by atomic mass is 16.5. The summed E-state index contributed by atoms with van der Waals surface area (Å²) in [6, 6.07) is 12.4. The average molecular weight is 456 g/mol. The molecule has 0 aliphatic heterocycles. The van der Waals surface area contributed by atoms with Gasteiger partial charge in [0.1, 0.15) is 11.7 Å². The van der Waals surface area contributed by atoms with Crippen LogP contribution in [-0.4, -0.2) is 38.7 Å². The van der Waals surface area contributed by atoms with E-state index in [-0.39, 0.29) is 17.6 Å². The number of benzene rings is 1. The topological polar surface area (TPSA) is 111 Å². The molecule has 2 aromatic heterocycles. The van der Waals surface area contributed by atoms with Crippen LogP contribution in [0.5, 0.6) is 0 Å². The van der Waals surface area contributed by atoms with Gasteiger partial charge < -0.3 is 4.74 Å². The van der Waals surface area contributed by atoms with E-state index in [1.54, 1.807) is 12.4 Å². The maximum atomic E-state index is 13.0. The van der Waals surface area contributed by atoms with E-state index in [0.29, 0.717) is 24.2 Å². The lowest BCUT2D eigenvalue weighted by Crippen LogP contribution is -2.53. The first kappa shape index (κ1) is 22.0. The van der Waals surface area contributed by atoms with Gasteiger partial charge in [0, 0.05) is 28.7 Å². The summed E-state index contributed by atoms with van der Waals surface area (Å²) in [4.78, 5) is 34.7. The van der Waals surface area contributed by atoms with Crippen LogP contribution in [0.3, 0.4) is 0 Å². The fraction of sp³-hybridized carbons (Fsp3) is 0.385.